The van der Waals surface area contributed by atoms with Gasteiger partial charge in [-0.3, -0.25) is 4.79 Å². The van der Waals surface area contributed by atoms with Crippen LogP contribution in [0.5, 0.6) is 0 Å². The van der Waals surface area contributed by atoms with Crippen molar-refractivity contribution in [3.8, 4) is 10.6 Å². The number of hydrogen-bond acceptors (Lipinski definition) is 4. The highest BCUT2D eigenvalue weighted by Gasteiger charge is 2.22. The van der Waals surface area contributed by atoms with E-state index in [1.807, 2.05) is 51.3 Å². The van der Waals surface area contributed by atoms with Gasteiger partial charge in [-0.2, -0.15) is 0 Å². The molecule has 5 heteroatoms. The van der Waals surface area contributed by atoms with Gasteiger partial charge in [-0.1, -0.05) is 32.9 Å². The Morgan fingerprint density at radius 1 is 1.41 bits per heavy atom. The van der Waals surface area contributed by atoms with Crippen LogP contribution in [0, 0.1) is 12.3 Å². The molecule has 0 saturated carbocycles. The van der Waals surface area contributed by atoms with Gasteiger partial charge in [0.1, 0.15) is 5.01 Å². The molecule has 1 unspecified atom stereocenters. The van der Waals surface area contributed by atoms with Crippen molar-refractivity contribution in [3.63, 3.8) is 0 Å². The normalized spacial score (nSPS) is 13.0. The fraction of sp³-hybridized carbons (Fsp3) is 0.412. The molecule has 1 aromatic heterocycles. The van der Waals surface area contributed by atoms with Gasteiger partial charge in [0.25, 0.3) is 5.91 Å². The third kappa shape index (κ3) is 4.15. The average Bonchev–Trinajstić information content (AvgIpc) is 2.90. The number of aryl methyl sites for hydroxylation is 1. The van der Waals surface area contributed by atoms with E-state index < -0.39 is 6.10 Å². The van der Waals surface area contributed by atoms with Crippen molar-refractivity contribution in [2.24, 2.45) is 5.41 Å². The molecule has 2 rings (SSSR count). The fourth-order valence-electron chi connectivity index (χ4n) is 1.88. The Balaban J connectivity index is 2.08. The molecular weight excluding hydrogens is 296 g/mol. The summed E-state index contributed by atoms with van der Waals surface area (Å²) in [7, 11) is 0. The van der Waals surface area contributed by atoms with Crippen LogP contribution in [0.3, 0.4) is 0 Å². The summed E-state index contributed by atoms with van der Waals surface area (Å²) >= 11 is 1.56. The Kier molecular flexibility index (Phi) is 4.98. The molecule has 1 amide bonds. The van der Waals surface area contributed by atoms with Crippen molar-refractivity contribution in [1.29, 1.82) is 0 Å². The van der Waals surface area contributed by atoms with Crippen LogP contribution in [-0.2, 0) is 0 Å². The molecule has 0 aliphatic rings. The van der Waals surface area contributed by atoms with Crippen LogP contribution in [0.1, 0.15) is 36.8 Å². The second-order valence-electron chi connectivity index (χ2n) is 6.47. The largest absolute Gasteiger partial charge is 0.391 e. The molecule has 0 aliphatic carbocycles. The zero-order valence-corrected chi connectivity index (χ0v) is 14.2. The van der Waals surface area contributed by atoms with Crippen molar-refractivity contribution < 1.29 is 9.90 Å². The summed E-state index contributed by atoms with van der Waals surface area (Å²) in [6, 6.07) is 7.39. The molecule has 0 aliphatic heterocycles. The number of carbonyl (C=O) groups is 1. The van der Waals surface area contributed by atoms with Gasteiger partial charge in [0.15, 0.2) is 0 Å². The molecule has 0 fully saturated rings. The highest BCUT2D eigenvalue weighted by molar-refractivity contribution is 7.13. The van der Waals surface area contributed by atoms with Crippen molar-refractivity contribution in [2.75, 3.05) is 6.54 Å². The van der Waals surface area contributed by atoms with E-state index in [-0.39, 0.29) is 17.9 Å². The lowest BCUT2D eigenvalue weighted by atomic mass is 9.89. The van der Waals surface area contributed by atoms with Crippen LogP contribution in [0.15, 0.2) is 29.6 Å². The highest BCUT2D eigenvalue weighted by Crippen LogP contribution is 2.24. The number of aliphatic hydroxyl groups excluding tert-OH is 1. The highest BCUT2D eigenvalue weighted by atomic mass is 32.1. The second-order valence-corrected chi connectivity index (χ2v) is 7.32. The molecule has 1 heterocycles. The lowest BCUT2D eigenvalue weighted by Gasteiger charge is -2.25. The van der Waals surface area contributed by atoms with Crippen LogP contribution in [0.25, 0.3) is 10.6 Å². The van der Waals surface area contributed by atoms with Gasteiger partial charge in [-0.25, -0.2) is 4.98 Å². The Morgan fingerprint density at radius 2 is 2.14 bits per heavy atom. The summed E-state index contributed by atoms with van der Waals surface area (Å²) in [4.78, 5) is 16.7. The average molecular weight is 318 g/mol. The molecule has 22 heavy (non-hydrogen) atoms. The number of rotatable bonds is 4. The number of nitrogens with zero attached hydrogens (tertiary/aromatic N) is 1. The predicted octanol–water partition coefficient (Wildman–Crippen LogP) is 3.26. The maximum atomic E-state index is 12.2. The first-order valence-electron chi connectivity index (χ1n) is 7.26. The molecule has 1 aromatic carbocycles. The van der Waals surface area contributed by atoms with Crippen LogP contribution in [-0.4, -0.2) is 28.6 Å². The lowest BCUT2D eigenvalue weighted by Crippen LogP contribution is -2.39. The fourth-order valence-corrected chi connectivity index (χ4v) is 2.67. The number of carbonyl (C=O) groups excluding carboxylic acids is 1. The molecule has 2 aromatic rings. The predicted molar refractivity (Wildman–Crippen MR) is 90.1 cm³/mol. The van der Waals surface area contributed by atoms with Gasteiger partial charge in [0.2, 0.25) is 0 Å². The summed E-state index contributed by atoms with van der Waals surface area (Å²) in [5.41, 5.74) is 2.23. The van der Waals surface area contributed by atoms with E-state index in [2.05, 4.69) is 10.3 Å². The minimum absolute atomic E-state index is 0.182. The van der Waals surface area contributed by atoms with Gasteiger partial charge < -0.3 is 10.4 Å². The van der Waals surface area contributed by atoms with E-state index in [0.29, 0.717) is 5.56 Å². The summed E-state index contributed by atoms with van der Waals surface area (Å²) in [5, 5.41) is 15.7. The van der Waals surface area contributed by atoms with E-state index in [0.717, 1.165) is 16.3 Å². The van der Waals surface area contributed by atoms with Crippen molar-refractivity contribution in [3.05, 3.63) is 40.9 Å². The first-order valence-corrected chi connectivity index (χ1v) is 8.14. The number of nitrogens with one attached hydrogen (secondary N) is 1. The first kappa shape index (κ1) is 16.6. The maximum absolute atomic E-state index is 12.2. The third-order valence-corrected chi connectivity index (χ3v) is 4.46. The van der Waals surface area contributed by atoms with Crippen LogP contribution in [0.2, 0.25) is 0 Å². The Labute approximate surface area is 135 Å². The molecular formula is C17H22N2O2S. The number of benzene rings is 1. The number of thiazole rings is 1. The van der Waals surface area contributed by atoms with E-state index in [9.17, 15) is 9.90 Å². The van der Waals surface area contributed by atoms with Crippen LogP contribution >= 0.6 is 11.3 Å². The van der Waals surface area contributed by atoms with Gasteiger partial charge in [0.05, 0.1) is 6.10 Å². The zero-order chi connectivity index (χ0) is 16.3. The zero-order valence-electron chi connectivity index (χ0n) is 13.4. The number of amides is 1. The molecule has 0 saturated heterocycles. The monoisotopic (exact) mass is 318 g/mol. The van der Waals surface area contributed by atoms with Crippen LogP contribution in [0.4, 0.5) is 0 Å². The van der Waals surface area contributed by atoms with Gasteiger partial charge in [-0.15, -0.1) is 11.3 Å². The minimum Gasteiger partial charge on any atom is -0.391 e. The molecule has 2 N–H and O–H groups in total. The maximum Gasteiger partial charge on any atom is 0.251 e. The standard InChI is InChI=1S/C17H22N2O2S/c1-11-10-22-16(19-11)13-7-5-6-12(8-13)15(21)18-9-14(20)17(2,3)4/h5-8,10,14,20H,9H2,1-4H3,(H,18,21). The Morgan fingerprint density at radius 3 is 2.73 bits per heavy atom. The van der Waals surface area contributed by atoms with Crippen molar-refractivity contribution >= 4 is 17.2 Å². The molecule has 1 atom stereocenters. The van der Waals surface area contributed by atoms with Crippen LogP contribution < -0.4 is 5.32 Å². The Hall–Kier alpha value is -1.72. The number of aromatic nitrogens is 1. The summed E-state index contributed by atoms with van der Waals surface area (Å²) < 4.78 is 0. The second kappa shape index (κ2) is 6.58. The van der Waals surface area contributed by atoms with E-state index in [4.69, 9.17) is 0 Å². The number of hydrogen-bond donors (Lipinski definition) is 2. The van der Waals surface area contributed by atoms with E-state index in [1.165, 1.54) is 0 Å². The van der Waals surface area contributed by atoms with Gasteiger partial charge in [-0.05, 0) is 24.5 Å². The number of aliphatic hydroxyl groups is 1. The lowest BCUT2D eigenvalue weighted by molar-refractivity contribution is 0.0587. The molecule has 118 valence electrons. The van der Waals surface area contributed by atoms with E-state index >= 15 is 0 Å². The SMILES string of the molecule is Cc1csc(-c2cccc(C(=O)NCC(O)C(C)(C)C)c2)n1. The smallest absolute Gasteiger partial charge is 0.251 e. The molecule has 0 spiro atoms. The van der Waals surface area contributed by atoms with Gasteiger partial charge in [0, 0.05) is 28.7 Å². The van der Waals surface area contributed by atoms with Crippen molar-refractivity contribution in [2.45, 2.75) is 33.8 Å². The van der Waals surface area contributed by atoms with E-state index in [1.54, 1.807) is 17.4 Å². The van der Waals surface area contributed by atoms with Gasteiger partial charge >= 0.3 is 0 Å². The first-order chi connectivity index (χ1) is 10.3. The topological polar surface area (TPSA) is 62.2 Å². The Bertz CT molecular complexity index is 659. The molecule has 0 bridgehead atoms. The quantitative estimate of drug-likeness (QED) is 0.909. The molecule has 0 radical (unpaired) electrons. The molecule has 4 nitrogen and oxygen atoms in total. The summed E-state index contributed by atoms with van der Waals surface area (Å²) in [6.07, 6.45) is -0.582. The summed E-state index contributed by atoms with van der Waals surface area (Å²) in [6.45, 7) is 8.01. The third-order valence-electron chi connectivity index (χ3n) is 3.45. The van der Waals surface area contributed by atoms with Crippen molar-refractivity contribution in [1.82, 2.24) is 10.3 Å². The minimum atomic E-state index is -0.582. The summed E-state index contributed by atoms with van der Waals surface area (Å²) in [5.74, 6) is -0.182.